The summed E-state index contributed by atoms with van der Waals surface area (Å²) in [5.74, 6) is -2.09. The third-order valence-corrected chi connectivity index (χ3v) is 3.81. The van der Waals surface area contributed by atoms with Crippen LogP contribution in [0.15, 0.2) is 66.7 Å². The SMILES string of the molecule is O=C(Nc1cc(-c2ccc(O)cc2)ccc1C(=O)O)c1ccc(F)cc1. The van der Waals surface area contributed by atoms with Gasteiger partial charge in [0.1, 0.15) is 11.6 Å². The van der Waals surface area contributed by atoms with Gasteiger partial charge in [0.25, 0.3) is 5.91 Å². The van der Waals surface area contributed by atoms with Gasteiger partial charge in [0.05, 0.1) is 11.3 Å². The number of carboxylic acids is 1. The Bertz CT molecular complexity index is 966. The van der Waals surface area contributed by atoms with E-state index < -0.39 is 17.7 Å². The second-order valence-electron chi connectivity index (χ2n) is 5.57. The summed E-state index contributed by atoms with van der Waals surface area (Å²) < 4.78 is 13.0. The van der Waals surface area contributed by atoms with E-state index in [2.05, 4.69) is 5.32 Å². The van der Waals surface area contributed by atoms with E-state index in [4.69, 9.17) is 0 Å². The number of hydrogen-bond donors (Lipinski definition) is 3. The highest BCUT2D eigenvalue weighted by Crippen LogP contribution is 2.27. The second-order valence-corrected chi connectivity index (χ2v) is 5.57. The van der Waals surface area contributed by atoms with Gasteiger partial charge in [0.2, 0.25) is 0 Å². The summed E-state index contributed by atoms with van der Waals surface area (Å²) in [6.07, 6.45) is 0. The van der Waals surface area contributed by atoms with Crippen LogP contribution < -0.4 is 5.32 Å². The number of aromatic carboxylic acids is 1. The summed E-state index contributed by atoms with van der Waals surface area (Å²) in [6, 6.07) is 15.9. The van der Waals surface area contributed by atoms with Gasteiger partial charge in [-0.25, -0.2) is 9.18 Å². The molecule has 0 saturated carbocycles. The largest absolute Gasteiger partial charge is 0.508 e. The van der Waals surface area contributed by atoms with Crippen molar-refractivity contribution in [2.24, 2.45) is 0 Å². The van der Waals surface area contributed by atoms with E-state index in [1.165, 1.54) is 36.4 Å². The number of carbonyl (C=O) groups is 2. The Hall–Kier alpha value is -3.67. The molecule has 130 valence electrons. The highest BCUT2D eigenvalue weighted by atomic mass is 19.1. The Kier molecular flexibility index (Phi) is 4.66. The van der Waals surface area contributed by atoms with E-state index in [0.29, 0.717) is 5.56 Å². The van der Waals surface area contributed by atoms with Gasteiger partial charge in [-0.05, 0) is 59.7 Å². The molecule has 0 bridgehead atoms. The Labute approximate surface area is 148 Å². The lowest BCUT2D eigenvalue weighted by Crippen LogP contribution is -2.15. The minimum absolute atomic E-state index is 0.0667. The molecule has 0 radical (unpaired) electrons. The molecule has 3 N–H and O–H groups in total. The minimum Gasteiger partial charge on any atom is -0.508 e. The zero-order valence-electron chi connectivity index (χ0n) is 13.4. The summed E-state index contributed by atoms with van der Waals surface area (Å²) in [5.41, 5.74) is 1.68. The van der Waals surface area contributed by atoms with Crippen molar-refractivity contribution >= 4 is 17.6 Å². The number of benzene rings is 3. The topological polar surface area (TPSA) is 86.6 Å². The predicted octanol–water partition coefficient (Wildman–Crippen LogP) is 4.15. The quantitative estimate of drug-likeness (QED) is 0.659. The number of hydrogen-bond acceptors (Lipinski definition) is 3. The van der Waals surface area contributed by atoms with E-state index in [9.17, 15) is 24.2 Å². The third-order valence-electron chi connectivity index (χ3n) is 3.81. The van der Waals surface area contributed by atoms with Crippen LogP contribution in [-0.4, -0.2) is 22.1 Å². The molecule has 0 aromatic heterocycles. The Morgan fingerprint density at radius 1 is 0.846 bits per heavy atom. The first-order valence-electron chi connectivity index (χ1n) is 7.68. The zero-order chi connectivity index (χ0) is 18.7. The number of nitrogens with one attached hydrogen (secondary N) is 1. The number of phenols is 1. The van der Waals surface area contributed by atoms with E-state index in [1.807, 2.05) is 0 Å². The normalized spacial score (nSPS) is 10.3. The highest BCUT2D eigenvalue weighted by Gasteiger charge is 2.15. The van der Waals surface area contributed by atoms with Crippen LogP contribution in [0.2, 0.25) is 0 Å². The molecule has 3 rings (SSSR count). The molecule has 0 atom stereocenters. The van der Waals surface area contributed by atoms with Crippen molar-refractivity contribution in [1.29, 1.82) is 0 Å². The van der Waals surface area contributed by atoms with Crippen molar-refractivity contribution in [2.75, 3.05) is 5.32 Å². The monoisotopic (exact) mass is 351 g/mol. The maximum atomic E-state index is 13.0. The van der Waals surface area contributed by atoms with E-state index in [0.717, 1.165) is 17.7 Å². The molecule has 0 saturated heterocycles. The molecule has 0 fully saturated rings. The fourth-order valence-corrected chi connectivity index (χ4v) is 2.46. The lowest BCUT2D eigenvalue weighted by atomic mass is 10.0. The van der Waals surface area contributed by atoms with E-state index in [1.54, 1.807) is 18.2 Å². The summed E-state index contributed by atoms with van der Waals surface area (Å²) in [7, 11) is 0. The van der Waals surface area contributed by atoms with Crippen LogP contribution in [-0.2, 0) is 0 Å². The molecular formula is C20H14FNO4. The summed E-state index contributed by atoms with van der Waals surface area (Å²) >= 11 is 0. The van der Waals surface area contributed by atoms with Gasteiger partial charge in [-0.3, -0.25) is 4.79 Å². The van der Waals surface area contributed by atoms with Crippen LogP contribution in [0, 0.1) is 5.82 Å². The van der Waals surface area contributed by atoms with Crippen molar-refractivity contribution in [3.63, 3.8) is 0 Å². The number of carbonyl (C=O) groups excluding carboxylic acids is 1. The summed E-state index contributed by atoms with van der Waals surface area (Å²) in [4.78, 5) is 23.8. The molecule has 6 heteroatoms. The van der Waals surface area contributed by atoms with Crippen LogP contribution >= 0.6 is 0 Å². The van der Waals surface area contributed by atoms with Crippen LogP contribution in [0.5, 0.6) is 5.75 Å². The van der Waals surface area contributed by atoms with Crippen LogP contribution in [0.4, 0.5) is 10.1 Å². The second kappa shape index (κ2) is 7.06. The molecule has 5 nitrogen and oxygen atoms in total. The average molecular weight is 351 g/mol. The first kappa shape index (κ1) is 17.2. The highest BCUT2D eigenvalue weighted by molar-refractivity contribution is 6.08. The van der Waals surface area contributed by atoms with Crippen molar-refractivity contribution in [3.05, 3.63) is 83.7 Å². The molecule has 0 aliphatic rings. The molecule has 3 aromatic rings. The molecule has 0 unspecified atom stereocenters. The number of rotatable bonds is 4. The van der Waals surface area contributed by atoms with Gasteiger partial charge in [0, 0.05) is 5.56 Å². The fourth-order valence-electron chi connectivity index (χ4n) is 2.46. The van der Waals surface area contributed by atoms with Gasteiger partial charge < -0.3 is 15.5 Å². The van der Waals surface area contributed by atoms with Gasteiger partial charge in [-0.1, -0.05) is 18.2 Å². The molecular weight excluding hydrogens is 337 g/mol. The number of anilines is 1. The number of carboxylic acid groups (broad SMARTS) is 1. The smallest absolute Gasteiger partial charge is 0.337 e. The minimum atomic E-state index is -1.18. The van der Waals surface area contributed by atoms with Gasteiger partial charge in [-0.2, -0.15) is 0 Å². The fraction of sp³-hybridized carbons (Fsp3) is 0. The maximum Gasteiger partial charge on any atom is 0.337 e. The Morgan fingerprint density at radius 3 is 2.08 bits per heavy atom. The Balaban J connectivity index is 1.96. The third kappa shape index (κ3) is 3.70. The van der Waals surface area contributed by atoms with E-state index >= 15 is 0 Å². The summed E-state index contributed by atoms with van der Waals surface area (Å²) in [5, 5.41) is 21.3. The summed E-state index contributed by atoms with van der Waals surface area (Å²) in [6.45, 7) is 0. The lowest BCUT2D eigenvalue weighted by molar-refractivity contribution is 0.0698. The number of phenolic OH excluding ortho intramolecular Hbond substituents is 1. The molecule has 1 amide bonds. The van der Waals surface area contributed by atoms with Crippen molar-refractivity contribution in [2.45, 2.75) is 0 Å². The number of amides is 1. The number of halogens is 1. The molecule has 0 aliphatic heterocycles. The van der Waals surface area contributed by atoms with Crippen LogP contribution in [0.1, 0.15) is 20.7 Å². The van der Waals surface area contributed by atoms with E-state index in [-0.39, 0.29) is 22.6 Å². The first-order valence-corrected chi connectivity index (χ1v) is 7.68. The van der Waals surface area contributed by atoms with Gasteiger partial charge >= 0.3 is 5.97 Å². The van der Waals surface area contributed by atoms with Gasteiger partial charge in [-0.15, -0.1) is 0 Å². The Morgan fingerprint density at radius 2 is 1.46 bits per heavy atom. The van der Waals surface area contributed by atoms with Crippen molar-refractivity contribution in [3.8, 4) is 16.9 Å². The van der Waals surface area contributed by atoms with Crippen molar-refractivity contribution in [1.82, 2.24) is 0 Å². The average Bonchev–Trinajstić information content (AvgIpc) is 2.62. The molecule has 0 aliphatic carbocycles. The van der Waals surface area contributed by atoms with Crippen LogP contribution in [0.25, 0.3) is 11.1 Å². The molecule has 3 aromatic carbocycles. The number of aromatic hydroxyl groups is 1. The predicted molar refractivity (Wildman–Crippen MR) is 94.9 cm³/mol. The lowest BCUT2D eigenvalue weighted by Gasteiger charge is -2.11. The zero-order valence-corrected chi connectivity index (χ0v) is 13.4. The molecule has 0 spiro atoms. The standard InChI is InChI=1S/C20H14FNO4/c21-15-6-1-13(2-7-15)19(24)22-18-11-14(5-10-17(18)20(25)26)12-3-8-16(23)9-4-12/h1-11,23H,(H,22,24)(H,25,26). The molecule has 26 heavy (non-hydrogen) atoms. The van der Waals surface area contributed by atoms with Crippen molar-refractivity contribution < 1.29 is 24.2 Å². The maximum absolute atomic E-state index is 13.0. The van der Waals surface area contributed by atoms with Crippen LogP contribution in [0.3, 0.4) is 0 Å². The molecule has 0 heterocycles. The first-order chi connectivity index (χ1) is 12.4. The van der Waals surface area contributed by atoms with Gasteiger partial charge in [0.15, 0.2) is 0 Å².